The summed E-state index contributed by atoms with van der Waals surface area (Å²) in [6, 6.07) is 11.7. The summed E-state index contributed by atoms with van der Waals surface area (Å²) in [6.45, 7) is 0.355. The zero-order valence-electron chi connectivity index (χ0n) is 16.4. The van der Waals surface area contributed by atoms with E-state index >= 15 is 0 Å². The number of hydrogen-bond acceptors (Lipinski definition) is 6. The molecular formula is C22H17Cl2N3O4. The van der Waals surface area contributed by atoms with Crippen LogP contribution in [-0.4, -0.2) is 35.6 Å². The fourth-order valence-corrected chi connectivity index (χ4v) is 3.82. The Labute approximate surface area is 188 Å². The summed E-state index contributed by atoms with van der Waals surface area (Å²) in [7, 11) is 1.28. The second kappa shape index (κ2) is 8.53. The standard InChI is InChI=1S/C22H17Cl2N3O4/c1-30-21(29)13-4-7-17(26-12-13)20(28)27-22(14-5-6-15(23)16(24)11-14)8-10-31-18-3-2-9-25-19(18)22/h2-7,9,11-12H,8,10H2,1H3,(H,27,28)/t22-/m0/s1. The first-order valence-corrected chi connectivity index (χ1v) is 10.1. The number of methoxy groups -OCH3 is 1. The van der Waals surface area contributed by atoms with Crippen molar-refractivity contribution in [3.63, 3.8) is 0 Å². The highest BCUT2D eigenvalue weighted by atomic mass is 35.5. The molecule has 2 aromatic heterocycles. The topological polar surface area (TPSA) is 90.4 Å². The van der Waals surface area contributed by atoms with Gasteiger partial charge in [-0.2, -0.15) is 0 Å². The average Bonchev–Trinajstić information content (AvgIpc) is 2.80. The number of carbonyl (C=O) groups is 2. The summed E-state index contributed by atoms with van der Waals surface area (Å²) in [4.78, 5) is 33.4. The van der Waals surface area contributed by atoms with Gasteiger partial charge in [0.1, 0.15) is 22.7 Å². The van der Waals surface area contributed by atoms with Crippen molar-refractivity contribution in [3.8, 4) is 5.75 Å². The first kappa shape index (κ1) is 21.1. The normalized spacial score (nSPS) is 17.3. The molecule has 1 aromatic carbocycles. The second-order valence-corrected chi connectivity index (χ2v) is 7.68. The zero-order valence-corrected chi connectivity index (χ0v) is 17.9. The lowest BCUT2D eigenvalue weighted by molar-refractivity contribution is 0.0599. The van der Waals surface area contributed by atoms with Crippen molar-refractivity contribution in [2.45, 2.75) is 12.0 Å². The number of ether oxygens (including phenoxy) is 2. The van der Waals surface area contributed by atoms with E-state index in [2.05, 4.69) is 20.0 Å². The summed E-state index contributed by atoms with van der Waals surface area (Å²) in [5, 5.41) is 3.83. The van der Waals surface area contributed by atoms with Gasteiger partial charge in [0.2, 0.25) is 0 Å². The lowest BCUT2D eigenvalue weighted by atomic mass is 9.81. The third-order valence-corrected chi connectivity index (χ3v) is 5.81. The Hall–Kier alpha value is -3.16. The first-order chi connectivity index (χ1) is 14.9. The largest absolute Gasteiger partial charge is 0.491 e. The van der Waals surface area contributed by atoms with Crippen LogP contribution < -0.4 is 10.1 Å². The van der Waals surface area contributed by atoms with E-state index in [1.54, 1.807) is 36.5 Å². The fourth-order valence-electron chi connectivity index (χ4n) is 3.52. The van der Waals surface area contributed by atoms with Crippen LogP contribution in [0.2, 0.25) is 10.0 Å². The van der Waals surface area contributed by atoms with Gasteiger partial charge in [-0.1, -0.05) is 29.3 Å². The highest BCUT2D eigenvalue weighted by Gasteiger charge is 2.43. The predicted octanol–water partition coefficient (Wildman–Crippen LogP) is 4.03. The van der Waals surface area contributed by atoms with E-state index in [4.69, 9.17) is 27.9 Å². The Balaban J connectivity index is 1.77. The van der Waals surface area contributed by atoms with Crippen LogP contribution in [0.25, 0.3) is 0 Å². The highest BCUT2D eigenvalue weighted by Crippen LogP contribution is 2.42. The maximum absolute atomic E-state index is 13.2. The van der Waals surface area contributed by atoms with Gasteiger partial charge in [-0.3, -0.25) is 14.8 Å². The number of aromatic nitrogens is 2. The van der Waals surface area contributed by atoms with Crippen molar-refractivity contribution in [2.75, 3.05) is 13.7 Å². The Kier molecular flexibility index (Phi) is 5.80. The molecule has 0 unspecified atom stereocenters. The number of pyridine rings is 2. The zero-order chi connectivity index (χ0) is 22.0. The molecule has 9 heteroatoms. The number of benzene rings is 1. The van der Waals surface area contributed by atoms with E-state index in [1.807, 2.05) is 0 Å². The summed E-state index contributed by atoms with van der Waals surface area (Å²) in [6.07, 6.45) is 3.35. The lowest BCUT2D eigenvalue weighted by Gasteiger charge is -2.39. The monoisotopic (exact) mass is 457 g/mol. The van der Waals surface area contributed by atoms with Gasteiger partial charge in [0.05, 0.1) is 29.3 Å². The van der Waals surface area contributed by atoms with Gasteiger partial charge >= 0.3 is 5.97 Å². The van der Waals surface area contributed by atoms with E-state index in [0.29, 0.717) is 40.1 Å². The van der Waals surface area contributed by atoms with E-state index in [-0.39, 0.29) is 11.3 Å². The van der Waals surface area contributed by atoms with Gasteiger partial charge in [0.25, 0.3) is 5.91 Å². The third-order valence-electron chi connectivity index (χ3n) is 5.07. The first-order valence-electron chi connectivity index (χ1n) is 9.35. The van der Waals surface area contributed by atoms with E-state index in [9.17, 15) is 9.59 Å². The molecule has 1 aliphatic rings. The molecule has 3 aromatic rings. The number of hydrogen-bond donors (Lipinski definition) is 1. The molecule has 4 rings (SSSR count). The Bertz CT molecular complexity index is 1150. The van der Waals surface area contributed by atoms with Crippen LogP contribution in [0.15, 0.2) is 54.9 Å². The molecule has 158 valence electrons. The Morgan fingerprint density at radius 1 is 1.13 bits per heavy atom. The number of rotatable bonds is 4. The maximum Gasteiger partial charge on any atom is 0.339 e. The van der Waals surface area contributed by atoms with Crippen molar-refractivity contribution in [2.24, 2.45) is 0 Å². The number of carbonyl (C=O) groups excluding carboxylic acids is 2. The molecule has 0 radical (unpaired) electrons. The molecule has 0 fully saturated rings. The molecule has 1 N–H and O–H groups in total. The minimum Gasteiger partial charge on any atom is -0.491 e. The molecule has 31 heavy (non-hydrogen) atoms. The van der Waals surface area contributed by atoms with Gasteiger partial charge in [-0.05, 0) is 42.0 Å². The molecule has 0 saturated heterocycles. The number of nitrogens with zero attached hydrogens (tertiary/aromatic N) is 2. The summed E-state index contributed by atoms with van der Waals surface area (Å²) < 4.78 is 10.4. The van der Waals surface area contributed by atoms with Crippen molar-refractivity contribution in [1.29, 1.82) is 0 Å². The molecule has 1 aliphatic heterocycles. The van der Waals surface area contributed by atoms with Crippen molar-refractivity contribution >= 4 is 35.1 Å². The molecule has 0 spiro atoms. The van der Waals surface area contributed by atoms with E-state index in [0.717, 1.165) is 0 Å². The van der Waals surface area contributed by atoms with Crippen LogP contribution in [0, 0.1) is 0 Å². The van der Waals surface area contributed by atoms with Gasteiger partial charge in [-0.15, -0.1) is 0 Å². The number of amides is 1. The molecule has 1 atom stereocenters. The van der Waals surface area contributed by atoms with Crippen molar-refractivity contribution in [3.05, 3.63) is 87.4 Å². The lowest BCUT2D eigenvalue weighted by Crippen LogP contribution is -2.50. The number of esters is 1. The predicted molar refractivity (Wildman–Crippen MR) is 115 cm³/mol. The summed E-state index contributed by atoms with van der Waals surface area (Å²) >= 11 is 12.4. The maximum atomic E-state index is 13.2. The molecule has 0 bridgehead atoms. The van der Waals surface area contributed by atoms with Gasteiger partial charge in [0.15, 0.2) is 0 Å². The highest BCUT2D eigenvalue weighted by molar-refractivity contribution is 6.42. The molecule has 7 nitrogen and oxygen atoms in total. The number of fused-ring (bicyclic) bond motifs is 1. The SMILES string of the molecule is COC(=O)c1ccc(C(=O)N[C@]2(c3ccc(Cl)c(Cl)c3)CCOc3cccnc32)nc1. The smallest absolute Gasteiger partial charge is 0.339 e. The van der Waals surface area contributed by atoms with E-state index < -0.39 is 17.4 Å². The van der Waals surface area contributed by atoms with Crippen LogP contribution in [0.3, 0.4) is 0 Å². The molecule has 0 aliphatic carbocycles. The summed E-state index contributed by atoms with van der Waals surface area (Å²) in [5.41, 5.74) is 0.638. The van der Waals surface area contributed by atoms with Crippen LogP contribution in [0.1, 0.15) is 38.5 Å². The molecule has 0 saturated carbocycles. The Morgan fingerprint density at radius 3 is 2.68 bits per heavy atom. The van der Waals surface area contributed by atoms with Crippen LogP contribution in [0.4, 0.5) is 0 Å². The Morgan fingerprint density at radius 2 is 1.97 bits per heavy atom. The molecule has 3 heterocycles. The third kappa shape index (κ3) is 3.94. The fraction of sp³-hybridized carbons (Fsp3) is 0.182. The number of halogens is 2. The van der Waals surface area contributed by atoms with E-state index in [1.165, 1.54) is 25.4 Å². The van der Waals surface area contributed by atoms with Gasteiger partial charge in [0, 0.05) is 18.8 Å². The quantitative estimate of drug-likeness (QED) is 0.594. The minimum absolute atomic E-state index is 0.135. The molecule has 1 amide bonds. The average molecular weight is 458 g/mol. The van der Waals surface area contributed by atoms with Gasteiger partial charge in [-0.25, -0.2) is 4.79 Å². The minimum atomic E-state index is -1.01. The second-order valence-electron chi connectivity index (χ2n) is 6.86. The number of nitrogens with one attached hydrogen (secondary N) is 1. The van der Waals surface area contributed by atoms with Gasteiger partial charge < -0.3 is 14.8 Å². The van der Waals surface area contributed by atoms with Crippen LogP contribution >= 0.6 is 23.2 Å². The molecular weight excluding hydrogens is 441 g/mol. The van der Waals surface area contributed by atoms with Crippen molar-refractivity contribution in [1.82, 2.24) is 15.3 Å². The van der Waals surface area contributed by atoms with Crippen LogP contribution in [0.5, 0.6) is 5.75 Å². The van der Waals surface area contributed by atoms with Crippen LogP contribution in [-0.2, 0) is 10.3 Å². The summed E-state index contributed by atoms with van der Waals surface area (Å²) in [5.74, 6) is -0.413. The van der Waals surface area contributed by atoms with Crippen molar-refractivity contribution < 1.29 is 19.1 Å².